The summed E-state index contributed by atoms with van der Waals surface area (Å²) in [5.74, 6) is -3.40. The normalized spacial score (nSPS) is 21.0. The van der Waals surface area contributed by atoms with Gasteiger partial charge in [-0.05, 0) is 37.8 Å². The van der Waals surface area contributed by atoms with Gasteiger partial charge in [0, 0.05) is 13.1 Å². The number of nitrogens with zero attached hydrogens (tertiary/aromatic N) is 1. The van der Waals surface area contributed by atoms with Gasteiger partial charge >= 0.3 is 5.76 Å². The van der Waals surface area contributed by atoms with Crippen LogP contribution in [-0.4, -0.2) is 39.5 Å². The van der Waals surface area contributed by atoms with Crippen LogP contribution >= 0.6 is 0 Å². The molecule has 3 rings (SSSR count). The van der Waals surface area contributed by atoms with Crippen LogP contribution in [0.1, 0.15) is 44.9 Å². The lowest BCUT2D eigenvalue weighted by atomic mass is 9.97. The fourth-order valence-electron chi connectivity index (χ4n) is 3.76. The molecular formula is C18H25F2NO3S. The van der Waals surface area contributed by atoms with Crippen LogP contribution in [0.3, 0.4) is 0 Å². The lowest BCUT2D eigenvalue weighted by Gasteiger charge is -2.36. The Bertz CT molecular complexity index is 667. The van der Waals surface area contributed by atoms with E-state index in [1.165, 1.54) is 31.4 Å². The summed E-state index contributed by atoms with van der Waals surface area (Å²) in [5, 5.41) is 0. The Balaban J connectivity index is 1.65. The molecule has 0 amide bonds. The van der Waals surface area contributed by atoms with E-state index >= 15 is 0 Å². The third kappa shape index (κ3) is 4.31. The van der Waals surface area contributed by atoms with Gasteiger partial charge < -0.3 is 9.64 Å². The van der Waals surface area contributed by atoms with E-state index in [2.05, 4.69) is 0 Å². The molecule has 0 radical (unpaired) electrons. The molecule has 0 unspecified atom stereocenters. The maximum Gasteiger partial charge on any atom is 0.341 e. The van der Waals surface area contributed by atoms with Crippen molar-refractivity contribution in [3.05, 3.63) is 24.3 Å². The highest BCUT2D eigenvalue weighted by molar-refractivity contribution is 7.91. The molecule has 1 saturated carbocycles. The molecule has 0 aromatic heterocycles. The molecular weight excluding hydrogens is 348 g/mol. The molecule has 140 valence electrons. The van der Waals surface area contributed by atoms with Gasteiger partial charge in [0.25, 0.3) is 0 Å². The van der Waals surface area contributed by atoms with Crippen molar-refractivity contribution in [2.45, 2.75) is 67.8 Å². The maximum absolute atomic E-state index is 12.9. The smallest absolute Gasteiger partial charge is 0.341 e. The van der Waals surface area contributed by atoms with E-state index < -0.39 is 15.6 Å². The quantitative estimate of drug-likeness (QED) is 0.783. The van der Waals surface area contributed by atoms with Gasteiger partial charge in [0.1, 0.15) is 0 Å². The maximum atomic E-state index is 12.9. The molecule has 1 aliphatic carbocycles. The number of anilines is 1. The molecule has 1 aromatic rings. The standard InChI is InChI=1S/C18H25F2NO3S/c19-18(20)25(22,23)17-9-5-4-8-16(17)21-12-10-15(11-13-21)24-14-6-2-1-3-7-14/h4-5,8-9,14-15,18H,1-3,6-7,10-13H2. The Kier molecular flexibility index (Phi) is 5.94. The van der Waals surface area contributed by atoms with Crippen LogP contribution in [0, 0.1) is 0 Å². The summed E-state index contributed by atoms with van der Waals surface area (Å²) in [6.45, 7) is 1.24. The van der Waals surface area contributed by atoms with Crippen LogP contribution in [0.5, 0.6) is 0 Å². The summed E-state index contributed by atoms with van der Waals surface area (Å²) in [4.78, 5) is 1.60. The van der Waals surface area contributed by atoms with E-state index in [1.54, 1.807) is 12.1 Å². The Morgan fingerprint density at radius 3 is 2.20 bits per heavy atom. The zero-order valence-corrected chi connectivity index (χ0v) is 15.1. The summed E-state index contributed by atoms with van der Waals surface area (Å²) in [6.07, 6.45) is 8.08. The SMILES string of the molecule is O=S(=O)(c1ccccc1N1CCC(OC2CCCCC2)CC1)C(F)F. The molecule has 2 aliphatic rings. The van der Waals surface area contributed by atoms with Crippen LogP contribution in [-0.2, 0) is 14.6 Å². The van der Waals surface area contributed by atoms with Crippen molar-refractivity contribution in [2.75, 3.05) is 18.0 Å². The Hall–Kier alpha value is -1.21. The number of benzene rings is 1. The highest BCUT2D eigenvalue weighted by Gasteiger charge is 2.32. The lowest BCUT2D eigenvalue weighted by Crippen LogP contribution is -2.39. The van der Waals surface area contributed by atoms with Crippen molar-refractivity contribution in [1.29, 1.82) is 0 Å². The molecule has 0 N–H and O–H groups in total. The van der Waals surface area contributed by atoms with Crippen molar-refractivity contribution < 1.29 is 21.9 Å². The van der Waals surface area contributed by atoms with Gasteiger partial charge in [-0.3, -0.25) is 0 Å². The number of para-hydroxylation sites is 1. The topological polar surface area (TPSA) is 46.6 Å². The summed E-state index contributed by atoms with van der Waals surface area (Å²) in [7, 11) is -4.60. The average molecular weight is 373 g/mol. The first kappa shape index (κ1) is 18.6. The van der Waals surface area contributed by atoms with Crippen LogP contribution in [0.2, 0.25) is 0 Å². The molecule has 0 atom stereocenters. The van der Waals surface area contributed by atoms with Crippen LogP contribution < -0.4 is 4.90 Å². The minimum absolute atomic E-state index is 0.179. The van der Waals surface area contributed by atoms with Crippen molar-refractivity contribution >= 4 is 15.5 Å². The molecule has 1 saturated heterocycles. The van der Waals surface area contributed by atoms with E-state index in [1.807, 2.05) is 4.90 Å². The van der Waals surface area contributed by atoms with Gasteiger partial charge in [-0.25, -0.2) is 8.42 Å². The second-order valence-electron chi connectivity index (χ2n) is 6.86. The predicted molar refractivity (Wildman–Crippen MR) is 92.8 cm³/mol. The van der Waals surface area contributed by atoms with Gasteiger partial charge in [-0.2, -0.15) is 8.78 Å². The Labute approximate surface area is 148 Å². The molecule has 1 aliphatic heterocycles. The van der Waals surface area contributed by atoms with Crippen LogP contribution in [0.25, 0.3) is 0 Å². The van der Waals surface area contributed by atoms with Gasteiger partial charge in [0.05, 0.1) is 22.8 Å². The number of hydrogen-bond acceptors (Lipinski definition) is 4. The second kappa shape index (κ2) is 7.99. The fraction of sp³-hybridized carbons (Fsp3) is 0.667. The predicted octanol–water partition coefficient (Wildman–Crippen LogP) is 4.00. The van der Waals surface area contributed by atoms with Gasteiger partial charge in [-0.15, -0.1) is 0 Å². The van der Waals surface area contributed by atoms with Crippen LogP contribution in [0.15, 0.2) is 29.2 Å². The molecule has 1 heterocycles. The lowest BCUT2D eigenvalue weighted by molar-refractivity contribution is -0.0395. The zero-order valence-electron chi connectivity index (χ0n) is 14.2. The van der Waals surface area contributed by atoms with E-state index in [0.29, 0.717) is 24.9 Å². The molecule has 0 spiro atoms. The number of ether oxygens (including phenoxy) is 1. The molecule has 2 fully saturated rings. The zero-order chi connectivity index (χ0) is 17.9. The van der Waals surface area contributed by atoms with Crippen LogP contribution in [0.4, 0.5) is 14.5 Å². The number of piperidine rings is 1. The Morgan fingerprint density at radius 1 is 0.960 bits per heavy atom. The first-order valence-corrected chi connectivity index (χ1v) is 10.5. The molecule has 7 heteroatoms. The number of halogens is 2. The summed E-state index contributed by atoms with van der Waals surface area (Å²) >= 11 is 0. The largest absolute Gasteiger partial charge is 0.375 e. The molecule has 1 aromatic carbocycles. The van der Waals surface area contributed by atoms with Crippen molar-refractivity contribution in [3.63, 3.8) is 0 Å². The number of rotatable bonds is 5. The second-order valence-corrected chi connectivity index (χ2v) is 8.74. The minimum atomic E-state index is -4.60. The highest BCUT2D eigenvalue weighted by atomic mass is 32.2. The number of hydrogen-bond donors (Lipinski definition) is 0. The fourth-order valence-corrected chi connectivity index (χ4v) is 4.71. The third-order valence-electron chi connectivity index (χ3n) is 5.13. The summed E-state index contributed by atoms with van der Waals surface area (Å²) in [5.41, 5.74) is 0.374. The van der Waals surface area contributed by atoms with Crippen molar-refractivity contribution in [3.8, 4) is 0 Å². The molecule has 4 nitrogen and oxygen atoms in total. The van der Waals surface area contributed by atoms with Gasteiger partial charge in [-0.1, -0.05) is 31.4 Å². The van der Waals surface area contributed by atoms with Crippen molar-refractivity contribution in [2.24, 2.45) is 0 Å². The Morgan fingerprint density at radius 2 is 1.56 bits per heavy atom. The van der Waals surface area contributed by atoms with E-state index in [4.69, 9.17) is 4.74 Å². The first-order valence-electron chi connectivity index (χ1n) is 9.00. The summed E-state index contributed by atoms with van der Waals surface area (Å²) in [6, 6.07) is 6.04. The first-order chi connectivity index (χ1) is 12.0. The van der Waals surface area contributed by atoms with Crippen molar-refractivity contribution in [1.82, 2.24) is 0 Å². The summed E-state index contributed by atoms with van der Waals surface area (Å²) < 4.78 is 55.9. The number of alkyl halides is 2. The highest BCUT2D eigenvalue weighted by Crippen LogP contribution is 2.32. The number of sulfone groups is 1. The molecule has 0 bridgehead atoms. The molecule has 25 heavy (non-hydrogen) atoms. The van der Waals surface area contributed by atoms with Gasteiger partial charge in [0.15, 0.2) is 0 Å². The third-order valence-corrected chi connectivity index (χ3v) is 6.55. The van der Waals surface area contributed by atoms with E-state index in [0.717, 1.165) is 25.7 Å². The minimum Gasteiger partial charge on any atom is -0.375 e. The van der Waals surface area contributed by atoms with E-state index in [-0.39, 0.29) is 11.0 Å². The monoisotopic (exact) mass is 373 g/mol. The van der Waals surface area contributed by atoms with E-state index in [9.17, 15) is 17.2 Å². The van der Waals surface area contributed by atoms with Gasteiger partial charge in [0.2, 0.25) is 9.84 Å². The average Bonchev–Trinajstić information content (AvgIpc) is 2.63.